The minimum absolute atomic E-state index is 0.0198. The molecule has 2 aromatic rings. The summed E-state index contributed by atoms with van der Waals surface area (Å²) in [7, 11) is -3.08. The zero-order valence-electron chi connectivity index (χ0n) is 15.8. The van der Waals surface area contributed by atoms with Crippen molar-refractivity contribution in [3.8, 4) is 0 Å². The highest BCUT2D eigenvalue weighted by molar-refractivity contribution is 7.89. The minimum Gasteiger partial charge on any atom is -0.346 e. The van der Waals surface area contributed by atoms with Crippen LogP contribution in [0.1, 0.15) is 53.9 Å². The highest BCUT2D eigenvalue weighted by atomic mass is 32.2. The zero-order chi connectivity index (χ0) is 19.3. The second-order valence-corrected chi connectivity index (χ2v) is 9.44. The van der Waals surface area contributed by atoms with Gasteiger partial charge in [0.1, 0.15) is 0 Å². The molecule has 1 N–H and O–H groups in total. The molecule has 0 spiro atoms. The van der Waals surface area contributed by atoms with Gasteiger partial charge in [0.2, 0.25) is 0 Å². The first-order valence-electron chi connectivity index (χ1n) is 8.80. The van der Waals surface area contributed by atoms with Gasteiger partial charge in [0.05, 0.1) is 11.8 Å². The van der Waals surface area contributed by atoms with Crippen molar-refractivity contribution in [1.29, 1.82) is 0 Å². The quantitative estimate of drug-likeness (QED) is 0.800. The Hall–Kier alpha value is -2.14. The molecule has 0 saturated carbocycles. The number of amides is 1. The maximum atomic E-state index is 12.4. The van der Waals surface area contributed by atoms with Crippen LogP contribution in [-0.2, 0) is 22.0 Å². The average Bonchev–Trinajstić information content (AvgIpc) is 2.54. The molecule has 0 aliphatic carbocycles. The third-order valence-corrected chi connectivity index (χ3v) is 4.97. The lowest BCUT2D eigenvalue weighted by Gasteiger charge is -2.15. The van der Waals surface area contributed by atoms with Gasteiger partial charge in [-0.25, -0.2) is 8.42 Å². The van der Waals surface area contributed by atoms with Gasteiger partial charge in [-0.3, -0.25) is 4.79 Å². The Labute approximate surface area is 156 Å². The summed E-state index contributed by atoms with van der Waals surface area (Å²) in [5, 5.41) is 2.98. The van der Waals surface area contributed by atoms with E-state index in [0.717, 1.165) is 12.0 Å². The molecule has 0 aliphatic rings. The Balaban J connectivity index is 2.00. The van der Waals surface area contributed by atoms with Crippen LogP contribution in [0.5, 0.6) is 0 Å². The third kappa shape index (κ3) is 6.30. The van der Waals surface area contributed by atoms with Crippen molar-refractivity contribution in [1.82, 2.24) is 5.32 Å². The van der Waals surface area contributed by atoms with Crippen LogP contribution < -0.4 is 5.32 Å². The van der Waals surface area contributed by atoms with Crippen molar-refractivity contribution in [2.75, 3.05) is 6.26 Å². The van der Waals surface area contributed by atoms with Crippen molar-refractivity contribution in [2.24, 2.45) is 5.92 Å². The fourth-order valence-electron chi connectivity index (χ4n) is 2.83. The van der Waals surface area contributed by atoms with Gasteiger partial charge in [-0.1, -0.05) is 50.2 Å². The number of carbonyl (C=O) groups is 1. The molecule has 26 heavy (non-hydrogen) atoms. The molecule has 140 valence electrons. The van der Waals surface area contributed by atoms with Gasteiger partial charge in [0.25, 0.3) is 5.91 Å². The second kappa shape index (κ2) is 8.49. The lowest BCUT2D eigenvalue weighted by Crippen LogP contribution is -2.26. The third-order valence-electron chi connectivity index (χ3n) is 4.12. The number of carbonyl (C=O) groups excluding carboxylic acids is 1. The van der Waals surface area contributed by atoms with Crippen molar-refractivity contribution in [3.63, 3.8) is 0 Å². The molecule has 0 radical (unpaired) electrons. The molecule has 0 aromatic heterocycles. The van der Waals surface area contributed by atoms with Crippen LogP contribution in [0.3, 0.4) is 0 Å². The van der Waals surface area contributed by atoms with E-state index < -0.39 is 9.84 Å². The van der Waals surface area contributed by atoms with Gasteiger partial charge in [0, 0.05) is 11.8 Å². The van der Waals surface area contributed by atoms with E-state index in [1.807, 2.05) is 6.92 Å². The highest BCUT2D eigenvalue weighted by Crippen LogP contribution is 2.16. The Kier molecular flexibility index (Phi) is 6.59. The normalized spacial score (nSPS) is 12.8. The predicted octanol–water partition coefficient (Wildman–Crippen LogP) is 3.92. The molecule has 0 bridgehead atoms. The zero-order valence-corrected chi connectivity index (χ0v) is 16.6. The average molecular weight is 374 g/mol. The number of benzene rings is 2. The van der Waals surface area contributed by atoms with E-state index in [1.54, 1.807) is 24.3 Å². The highest BCUT2D eigenvalue weighted by Gasteiger charge is 2.12. The molecule has 5 heteroatoms. The van der Waals surface area contributed by atoms with Crippen LogP contribution in [0, 0.1) is 5.92 Å². The van der Waals surface area contributed by atoms with E-state index >= 15 is 0 Å². The van der Waals surface area contributed by atoms with Crippen molar-refractivity contribution < 1.29 is 13.2 Å². The van der Waals surface area contributed by atoms with E-state index in [4.69, 9.17) is 0 Å². The van der Waals surface area contributed by atoms with Crippen LogP contribution in [0.2, 0.25) is 0 Å². The summed E-state index contributed by atoms with van der Waals surface area (Å²) in [5.41, 5.74) is 3.55. The van der Waals surface area contributed by atoms with E-state index in [9.17, 15) is 13.2 Å². The summed E-state index contributed by atoms with van der Waals surface area (Å²) in [4.78, 5) is 12.4. The number of rotatable bonds is 7. The lowest BCUT2D eigenvalue weighted by atomic mass is 10.00. The maximum Gasteiger partial charge on any atom is 0.251 e. The summed E-state index contributed by atoms with van der Waals surface area (Å²) in [6.07, 6.45) is 2.24. The van der Waals surface area contributed by atoms with E-state index in [-0.39, 0.29) is 17.7 Å². The number of sulfone groups is 1. The summed E-state index contributed by atoms with van der Waals surface area (Å²) in [5.74, 6) is 0.423. The number of nitrogens with one attached hydrogen (secondary N) is 1. The summed E-state index contributed by atoms with van der Waals surface area (Å²) in [6.45, 7) is 6.34. The molecule has 0 heterocycles. The molecule has 2 aromatic carbocycles. The largest absolute Gasteiger partial charge is 0.346 e. The smallest absolute Gasteiger partial charge is 0.251 e. The van der Waals surface area contributed by atoms with Crippen molar-refractivity contribution >= 4 is 15.7 Å². The van der Waals surface area contributed by atoms with Gasteiger partial charge in [-0.15, -0.1) is 0 Å². The maximum absolute atomic E-state index is 12.4. The van der Waals surface area contributed by atoms with Gasteiger partial charge >= 0.3 is 0 Å². The van der Waals surface area contributed by atoms with E-state index in [0.29, 0.717) is 17.0 Å². The SMILES string of the molecule is CC(C)Cc1ccc(C(C)NC(=O)c2ccc(CS(C)(=O)=O)cc2)cc1. The molecule has 0 saturated heterocycles. The van der Waals surface area contributed by atoms with Crippen LogP contribution in [-0.4, -0.2) is 20.6 Å². The van der Waals surface area contributed by atoms with E-state index in [2.05, 4.69) is 43.4 Å². The first kappa shape index (κ1) is 20.2. The van der Waals surface area contributed by atoms with Crippen molar-refractivity contribution in [3.05, 3.63) is 70.8 Å². The number of hydrogen-bond acceptors (Lipinski definition) is 3. The number of hydrogen-bond donors (Lipinski definition) is 1. The van der Waals surface area contributed by atoms with Crippen molar-refractivity contribution in [2.45, 2.75) is 39.0 Å². The first-order valence-corrected chi connectivity index (χ1v) is 10.9. The first-order chi connectivity index (χ1) is 12.1. The van der Waals surface area contributed by atoms with E-state index in [1.165, 1.54) is 11.8 Å². The lowest BCUT2D eigenvalue weighted by molar-refractivity contribution is 0.0940. The Morgan fingerprint density at radius 1 is 0.923 bits per heavy atom. The summed E-state index contributed by atoms with van der Waals surface area (Å²) < 4.78 is 22.7. The standard InChI is InChI=1S/C21H27NO3S/c1-15(2)13-17-5-9-19(10-6-17)16(3)22-21(23)20-11-7-18(8-12-20)14-26(4,24)25/h5-12,15-16H,13-14H2,1-4H3,(H,22,23). The van der Waals surface area contributed by atoms with Crippen LogP contribution >= 0.6 is 0 Å². The van der Waals surface area contributed by atoms with Gasteiger partial charge in [-0.05, 0) is 48.1 Å². The Bertz CT molecular complexity index is 838. The molecule has 1 amide bonds. The van der Waals surface area contributed by atoms with Gasteiger partial charge in [-0.2, -0.15) is 0 Å². The molecule has 4 nitrogen and oxygen atoms in total. The van der Waals surface area contributed by atoms with Crippen LogP contribution in [0.25, 0.3) is 0 Å². The predicted molar refractivity (Wildman–Crippen MR) is 106 cm³/mol. The molecular weight excluding hydrogens is 346 g/mol. The fourth-order valence-corrected chi connectivity index (χ4v) is 3.63. The van der Waals surface area contributed by atoms with Crippen LogP contribution in [0.15, 0.2) is 48.5 Å². The van der Waals surface area contributed by atoms with Gasteiger partial charge in [0.15, 0.2) is 9.84 Å². The molecule has 0 fully saturated rings. The van der Waals surface area contributed by atoms with Crippen LogP contribution in [0.4, 0.5) is 0 Å². The fraction of sp³-hybridized carbons (Fsp3) is 0.381. The summed E-state index contributed by atoms with van der Waals surface area (Å²) >= 11 is 0. The Morgan fingerprint density at radius 3 is 1.96 bits per heavy atom. The summed E-state index contributed by atoms with van der Waals surface area (Å²) in [6, 6.07) is 14.9. The Morgan fingerprint density at radius 2 is 1.46 bits per heavy atom. The minimum atomic E-state index is -3.08. The molecule has 1 atom stereocenters. The molecule has 2 rings (SSSR count). The topological polar surface area (TPSA) is 63.2 Å². The van der Waals surface area contributed by atoms with Gasteiger partial charge < -0.3 is 5.32 Å². The molecule has 0 aliphatic heterocycles. The monoisotopic (exact) mass is 373 g/mol. The second-order valence-electron chi connectivity index (χ2n) is 7.30. The molecule has 1 unspecified atom stereocenters. The molecular formula is C21H27NO3S.